The Hall–Kier alpha value is -1.59. The summed E-state index contributed by atoms with van der Waals surface area (Å²) in [6.07, 6.45) is 0.340. The lowest BCUT2D eigenvalue weighted by Gasteiger charge is -2.23. The number of hydrogen-bond acceptors (Lipinski definition) is 4. The molecule has 3 N–H and O–H groups in total. The van der Waals surface area contributed by atoms with Gasteiger partial charge in [0.15, 0.2) is 0 Å². The first-order valence-electron chi connectivity index (χ1n) is 6.47. The van der Waals surface area contributed by atoms with E-state index >= 15 is 0 Å². The lowest BCUT2D eigenvalue weighted by molar-refractivity contribution is -0.117. The maximum absolute atomic E-state index is 11.9. The average Bonchev–Trinajstić information content (AvgIpc) is 2.36. The maximum Gasteiger partial charge on any atom is 0.226 e. The number of nitrogens with one attached hydrogen (secondary N) is 2. The number of ether oxygens (including phenoxy) is 1. The summed E-state index contributed by atoms with van der Waals surface area (Å²) < 4.78 is 5.30. The third-order valence-electron chi connectivity index (χ3n) is 3.15. The number of phenols is 1. The third kappa shape index (κ3) is 3.68. The second-order valence-electron chi connectivity index (χ2n) is 4.96. The molecule has 1 heterocycles. The van der Waals surface area contributed by atoms with Crippen LogP contribution in [0.4, 0.5) is 5.69 Å². The monoisotopic (exact) mass is 264 g/mol. The first kappa shape index (κ1) is 13.8. The number of hydrogen-bond donors (Lipinski definition) is 3. The lowest BCUT2D eigenvalue weighted by atomic mass is 10.1. The smallest absolute Gasteiger partial charge is 0.226 e. The number of benzene rings is 1. The van der Waals surface area contributed by atoms with E-state index in [4.69, 9.17) is 4.74 Å². The summed E-state index contributed by atoms with van der Waals surface area (Å²) in [5.41, 5.74) is 2.23. The predicted molar refractivity (Wildman–Crippen MR) is 73.4 cm³/mol. The van der Waals surface area contributed by atoms with Crippen LogP contribution in [0.3, 0.4) is 0 Å². The molecule has 0 saturated carbocycles. The molecule has 1 saturated heterocycles. The Labute approximate surface area is 113 Å². The van der Waals surface area contributed by atoms with Gasteiger partial charge >= 0.3 is 0 Å². The summed E-state index contributed by atoms with van der Waals surface area (Å²) in [5, 5.41) is 15.9. The fourth-order valence-electron chi connectivity index (χ4n) is 2.23. The van der Waals surface area contributed by atoms with Crippen molar-refractivity contribution >= 4 is 11.6 Å². The fraction of sp³-hybridized carbons (Fsp3) is 0.500. The molecule has 5 nitrogen and oxygen atoms in total. The zero-order chi connectivity index (χ0) is 13.8. The Bertz CT molecular complexity index is 468. The Morgan fingerprint density at radius 2 is 2.32 bits per heavy atom. The number of rotatable bonds is 3. The van der Waals surface area contributed by atoms with E-state index in [1.54, 1.807) is 6.07 Å². The molecule has 0 aromatic heterocycles. The van der Waals surface area contributed by atoms with Gasteiger partial charge in [-0.25, -0.2) is 0 Å². The van der Waals surface area contributed by atoms with Gasteiger partial charge in [0.1, 0.15) is 5.75 Å². The van der Waals surface area contributed by atoms with Crippen LogP contribution >= 0.6 is 0 Å². The molecule has 2 rings (SSSR count). The van der Waals surface area contributed by atoms with Crippen molar-refractivity contribution in [2.24, 2.45) is 0 Å². The van der Waals surface area contributed by atoms with Crippen molar-refractivity contribution in [2.45, 2.75) is 26.3 Å². The molecule has 1 amide bonds. The second kappa shape index (κ2) is 6.04. The van der Waals surface area contributed by atoms with Crippen LogP contribution in [-0.4, -0.2) is 36.8 Å². The Morgan fingerprint density at radius 3 is 3.00 bits per heavy atom. The number of carbonyl (C=O) groups excluding carboxylic acids is 1. The standard InChI is InChI=1S/C14H20N2O3/c1-9-5-10(2)14(18)12(6-9)16-13(17)7-11-8-19-4-3-15-11/h5-6,11,15,18H,3-4,7-8H2,1-2H3,(H,16,17). The van der Waals surface area contributed by atoms with Crippen molar-refractivity contribution in [3.63, 3.8) is 0 Å². The fourth-order valence-corrected chi connectivity index (χ4v) is 2.23. The van der Waals surface area contributed by atoms with Gasteiger partial charge in [-0.1, -0.05) is 6.07 Å². The minimum absolute atomic E-state index is 0.0433. The van der Waals surface area contributed by atoms with Crippen molar-refractivity contribution in [1.29, 1.82) is 0 Å². The molecule has 1 aliphatic heterocycles. The number of carbonyl (C=O) groups is 1. The van der Waals surface area contributed by atoms with Gasteiger partial charge in [0.05, 0.1) is 18.9 Å². The summed E-state index contributed by atoms with van der Waals surface area (Å²) in [6, 6.07) is 3.69. The van der Waals surface area contributed by atoms with Gasteiger partial charge in [0.2, 0.25) is 5.91 Å². The van der Waals surface area contributed by atoms with Gasteiger partial charge in [-0.3, -0.25) is 4.79 Å². The number of amides is 1. The van der Waals surface area contributed by atoms with Crippen LogP contribution in [-0.2, 0) is 9.53 Å². The van der Waals surface area contributed by atoms with Gasteiger partial charge < -0.3 is 20.5 Å². The predicted octanol–water partition coefficient (Wildman–Crippen LogP) is 1.33. The highest BCUT2D eigenvalue weighted by atomic mass is 16.5. The molecule has 19 heavy (non-hydrogen) atoms. The first-order valence-corrected chi connectivity index (χ1v) is 6.47. The molecule has 1 aromatic carbocycles. The van der Waals surface area contributed by atoms with E-state index in [-0.39, 0.29) is 17.7 Å². The molecule has 1 aromatic rings. The molecule has 0 radical (unpaired) electrons. The summed E-state index contributed by atoms with van der Waals surface area (Å²) in [4.78, 5) is 11.9. The van der Waals surface area contributed by atoms with Crippen LogP contribution in [0.2, 0.25) is 0 Å². The molecule has 1 aliphatic rings. The zero-order valence-corrected chi connectivity index (χ0v) is 11.3. The lowest BCUT2D eigenvalue weighted by Crippen LogP contribution is -2.43. The van der Waals surface area contributed by atoms with E-state index in [9.17, 15) is 9.90 Å². The minimum Gasteiger partial charge on any atom is -0.505 e. The number of aromatic hydroxyl groups is 1. The van der Waals surface area contributed by atoms with Crippen molar-refractivity contribution < 1.29 is 14.6 Å². The van der Waals surface area contributed by atoms with E-state index in [0.29, 0.717) is 25.3 Å². The largest absolute Gasteiger partial charge is 0.505 e. The van der Waals surface area contributed by atoms with Crippen LogP contribution in [0.5, 0.6) is 5.75 Å². The number of phenolic OH excluding ortho intramolecular Hbond substituents is 1. The number of anilines is 1. The van der Waals surface area contributed by atoms with E-state index in [1.807, 2.05) is 19.9 Å². The van der Waals surface area contributed by atoms with Crippen molar-refractivity contribution in [3.8, 4) is 5.75 Å². The maximum atomic E-state index is 11.9. The highest BCUT2D eigenvalue weighted by Crippen LogP contribution is 2.28. The van der Waals surface area contributed by atoms with E-state index < -0.39 is 0 Å². The molecule has 104 valence electrons. The Balaban J connectivity index is 1.98. The van der Waals surface area contributed by atoms with E-state index in [1.165, 1.54) is 0 Å². The molecule has 1 atom stereocenters. The van der Waals surface area contributed by atoms with Gasteiger partial charge in [-0.2, -0.15) is 0 Å². The zero-order valence-electron chi connectivity index (χ0n) is 11.3. The van der Waals surface area contributed by atoms with E-state index in [0.717, 1.165) is 17.7 Å². The van der Waals surface area contributed by atoms with Crippen molar-refractivity contribution in [1.82, 2.24) is 5.32 Å². The summed E-state index contributed by atoms with van der Waals surface area (Å²) in [7, 11) is 0. The molecule has 0 spiro atoms. The second-order valence-corrected chi connectivity index (χ2v) is 4.96. The normalized spacial score (nSPS) is 19.2. The molecule has 1 unspecified atom stereocenters. The highest BCUT2D eigenvalue weighted by molar-refractivity contribution is 5.93. The SMILES string of the molecule is Cc1cc(C)c(O)c(NC(=O)CC2COCCN2)c1. The summed E-state index contributed by atoms with van der Waals surface area (Å²) in [6.45, 7) is 5.75. The van der Waals surface area contributed by atoms with E-state index in [2.05, 4.69) is 10.6 Å². The minimum atomic E-state index is -0.122. The van der Waals surface area contributed by atoms with Gasteiger partial charge in [0, 0.05) is 19.0 Å². The number of aryl methyl sites for hydroxylation is 2. The summed E-state index contributed by atoms with van der Waals surface area (Å²) >= 11 is 0. The number of morpholine rings is 1. The average molecular weight is 264 g/mol. The van der Waals surface area contributed by atoms with Crippen LogP contribution in [0.15, 0.2) is 12.1 Å². The summed E-state index contributed by atoms with van der Waals surface area (Å²) in [5.74, 6) is 0.00935. The molecule has 0 bridgehead atoms. The quantitative estimate of drug-likeness (QED) is 0.720. The van der Waals surface area contributed by atoms with Crippen LogP contribution in [0.25, 0.3) is 0 Å². The van der Waals surface area contributed by atoms with Crippen LogP contribution in [0.1, 0.15) is 17.5 Å². The third-order valence-corrected chi connectivity index (χ3v) is 3.15. The molecular weight excluding hydrogens is 244 g/mol. The molecular formula is C14H20N2O3. The van der Waals surface area contributed by atoms with Gasteiger partial charge in [-0.05, 0) is 31.0 Å². The highest BCUT2D eigenvalue weighted by Gasteiger charge is 2.18. The van der Waals surface area contributed by atoms with Crippen molar-refractivity contribution in [2.75, 3.05) is 25.1 Å². The topological polar surface area (TPSA) is 70.6 Å². The Morgan fingerprint density at radius 1 is 1.53 bits per heavy atom. The Kier molecular flexibility index (Phi) is 4.39. The molecule has 0 aliphatic carbocycles. The van der Waals surface area contributed by atoms with Gasteiger partial charge in [0.25, 0.3) is 0 Å². The molecule has 5 heteroatoms. The molecule has 1 fully saturated rings. The van der Waals surface area contributed by atoms with Crippen LogP contribution in [0, 0.1) is 13.8 Å². The van der Waals surface area contributed by atoms with Crippen LogP contribution < -0.4 is 10.6 Å². The van der Waals surface area contributed by atoms with Gasteiger partial charge in [-0.15, -0.1) is 0 Å². The van der Waals surface area contributed by atoms with Crippen molar-refractivity contribution in [3.05, 3.63) is 23.3 Å². The first-order chi connectivity index (χ1) is 9.06.